The van der Waals surface area contributed by atoms with Crippen molar-refractivity contribution in [3.8, 4) is 0 Å². The molecule has 1 aromatic rings. The monoisotopic (exact) mass is 262 g/mol. The molecule has 0 aromatic heterocycles. The molecule has 0 aliphatic heterocycles. The zero-order valence-electron chi connectivity index (χ0n) is 11.8. The van der Waals surface area contributed by atoms with Crippen molar-refractivity contribution in [2.24, 2.45) is 0 Å². The summed E-state index contributed by atoms with van der Waals surface area (Å²) in [6, 6.07) is 7.63. The van der Waals surface area contributed by atoms with Crippen LogP contribution in [0.1, 0.15) is 31.4 Å². The summed E-state index contributed by atoms with van der Waals surface area (Å²) in [7, 11) is 0. The molecule has 0 spiro atoms. The van der Waals surface area contributed by atoms with E-state index in [2.05, 4.69) is 10.6 Å². The quantitative estimate of drug-likeness (QED) is 0.817. The van der Waals surface area contributed by atoms with E-state index in [-0.39, 0.29) is 11.8 Å². The Kier molecular flexibility index (Phi) is 6.06. The van der Waals surface area contributed by atoms with Crippen LogP contribution in [-0.2, 0) is 16.0 Å². The van der Waals surface area contributed by atoms with E-state index < -0.39 is 6.04 Å². The van der Waals surface area contributed by atoms with Crippen molar-refractivity contribution in [2.45, 2.75) is 39.7 Å². The summed E-state index contributed by atoms with van der Waals surface area (Å²) in [5.41, 5.74) is 2.34. The zero-order chi connectivity index (χ0) is 14.3. The van der Waals surface area contributed by atoms with Gasteiger partial charge in [-0.3, -0.25) is 9.59 Å². The molecule has 4 heteroatoms. The van der Waals surface area contributed by atoms with E-state index in [1.165, 1.54) is 5.56 Å². The highest BCUT2D eigenvalue weighted by atomic mass is 16.2. The first-order valence-electron chi connectivity index (χ1n) is 6.65. The van der Waals surface area contributed by atoms with E-state index in [0.717, 1.165) is 5.56 Å². The van der Waals surface area contributed by atoms with Gasteiger partial charge in [-0.25, -0.2) is 0 Å². The van der Waals surface area contributed by atoms with Crippen LogP contribution in [0.3, 0.4) is 0 Å². The standard InChI is InChI=1S/C15H22N2O2/c1-4-16-15(19)12(3)17-14(18)10-9-13-7-5-11(2)6-8-13/h5-8,12H,4,9-10H2,1-3H3,(H,16,19)(H,17,18). The molecular formula is C15H22N2O2. The molecule has 104 valence electrons. The van der Waals surface area contributed by atoms with Crippen molar-refractivity contribution in [3.63, 3.8) is 0 Å². The van der Waals surface area contributed by atoms with Crippen molar-refractivity contribution in [1.82, 2.24) is 10.6 Å². The Morgan fingerprint density at radius 3 is 2.42 bits per heavy atom. The fourth-order valence-corrected chi connectivity index (χ4v) is 1.72. The first-order valence-corrected chi connectivity index (χ1v) is 6.65. The Morgan fingerprint density at radius 2 is 1.84 bits per heavy atom. The van der Waals surface area contributed by atoms with Gasteiger partial charge in [-0.1, -0.05) is 29.8 Å². The Hall–Kier alpha value is -1.84. The third-order valence-corrected chi connectivity index (χ3v) is 2.88. The lowest BCUT2D eigenvalue weighted by molar-refractivity contribution is -0.128. The minimum absolute atomic E-state index is 0.0978. The molecular weight excluding hydrogens is 240 g/mol. The number of benzene rings is 1. The minimum Gasteiger partial charge on any atom is -0.355 e. The van der Waals surface area contributed by atoms with E-state index in [1.807, 2.05) is 38.1 Å². The molecule has 0 saturated carbocycles. The highest BCUT2D eigenvalue weighted by Crippen LogP contribution is 2.05. The maximum atomic E-state index is 11.7. The smallest absolute Gasteiger partial charge is 0.242 e. The maximum Gasteiger partial charge on any atom is 0.242 e. The van der Waals surface area contributed by atoms with Gasteiger partial charge >= 0.3 is 0 Å². The molecule has 0 bridgehead atoms. The minimum atomic E-state index is -0.481. The van der Waals surface area contributed by atoms with Crippen LogP contribution in [0.5, 0.6) is 0 Å². The van der Waals surface area contributed by atoms with Gasteiger partial charge in [-0.2, -0.15) is 0 Å². The van der Waals surface area contributed by atoms with Gasteiger partial charge in [0.2, 0.25) is 11.8 Å². The average molecular weight is 262 g/mol. The molecule has 0 heterocycles. The third-order valence-electron chi connectivity index (χ3n) is 2.88. The molecule has 0 radical (unpaired) electrons. The second-order valence-corrected chi connectivity index (χ2v) is 4.67. The summed E-state index contributed by atoms with van der Waals surface area (Å²) in [6.45, 7) is 6.14. The Morgan fingerprint density at radius 1 is 1.21 bits per heavy atom. The fraction of sp³-hybridized carbons (Fsp3) is 0.467. The van der Waals surface area contributed by atoms with Crippen molar-refractivity contribution >= 4 is 11.8 Å². The van der Waals surface area contributed by atoms with Gasteiger partial charge in [0.15, 0.2) is 0 Å². The van der Waals surface area contributed by atoms with Crippen molar-refractivity contribution < 1.29 is 9.59 Å². The van der Waals surface area contributed by atoms with E-state index in [4.69, 9.17) is 0 Å². The second kappa shape index (κ2) is 7.56. The average Bonchev–Trinajstić information content (AvgIpc) is 2.38. The second-order valence-electron chi connectivity index (χ2n) is 4.67. The van der Waals surface area contributed by atoms with Gasteiger partial charge in [-0.15, -0.1) is 0 Å². The number of amides is 2. The van der Waals surface area contributed by atoms with Gasteiger partial charge in [0, 0.05) is 13.0 Å². The van der Waals surface area contributed by atoms with Crippen molar-refractivity contribution in [2.75, 3.05) is 6.54 Å². The van der Waals surface area contributed by atoms with Gasteiger partial charge < -0.3 is 10.6 Å². The first-order chi connectivity index (χ1) is 9.02. The van der Waals surface area contributed by atoms with E-state index in [1.54, 1.807) is 6.92 Å². The predicted octanol–water partition coefficient (Wildman–Crippen LogP) is 1.57. The summed E-state index contributed by atoms with van der Waals surface area (Å²) in [5, 5.41) is 5.37. The first kappa shape index (κ1) is 15.2. The summed E-state index contributed by atoms with van der Waals surface area (Å²) in [4.78, 5) is 23.2. The van der Waals surface area contributed by atoms with Crippen LogP contribution in [0.15, 0.2) is 24.3 Å². The number of hydrogen-bond acceptors (Lipinski definition) is 2. The molecule has 19 heavy (non-hydrogen) atoms. The van der Waals surface area contributed by atoms with Crippen LogP contribution in [0.2, 0.25) is 0 Å². The molecule has 4 nitrogen and oxygen atoms in total. The van der Waals surface area contributed by atoms with Crippen molar-refractivity contribution in [3.05, 3.63) is 35.4 Å². The predicted molar refractivity (Wildman–Crippen MR) is 75.8 cm³/mol. The number of aryl methyl sites for hydroxylation is 2. The molecule has 1 rings (SSSR count). The highest BCUT2D eigenvalue weighted by molar-refractivity contribution is 5.87. The highest BCUT2D eigenvalue weighted by Gasteiger charge is 2.14. The number of hydrogen-bond donors (Lipinski definition) is 2. The largest absolute Gasteiger partial charge is 0.355 e. The fourth-order valence-electron chi connectivity index (χ4n) is 1.72. The molecule has 2 N–H and O–H groups in total. The molecule has 0 saturated heterocycles. The summed E-state index contributed by atoms with van der Waals surface area (Å²) < 4.78 is 0. The SMILES string of the molecule is CCNC(=O)C(C)NC(=O)CCc1ccc(C)cc1. The van der Waals surface area contributed by atoms with Gasteiger partial charge in [0.05, 0.1) is 0 Å². The van der Waals surface area contributed by atoms with Crippen molar-refractivity contribution in [1.29, 1.82) is 0 Å². The van der Waals surface area contributed by atoms with Crippen LogP contribution in [0, 0.1) is 6.92 Å². The van der Waals surface area contributed by atoms with Gasteiger partial charge in [0.1, 0.15) is 6.04 Å². The van der Waals surface area contributed by atoms with Crippen LogP contribution in [-0.4, -0.2) is 24.4 Å². The van der Waals surface area contributed by atoms with Crippen LogP contribution in [0.4, 0.5) is 0 Å². The van der Waals surface area contributed by atoms with E-state index >= 15 is 0 Å². The molecule has 0 fully saturated rings. The molecule has 2 amide bonds. The lowest BCUT2D eigenvalue weighted by atomic mass is 10.1. The Labute approximate surface area is 114 Å². The van der Waals surface area contributed by atoms with E-state index in [0.29, 0.717) is 19.4 Å². The molecule has 1 atom stereocenters. The summed E-state index contributed by atoms with van der Waals surface area (Å²) in [5.74, 6) is -0.245. The number of carbonyl (C=O) groups excluding carboxylic acids is 2. The summed E-state index contributed by atoms with van der Waals surface area (Å²) >= 11 is 0. The Balaban J connectivity index is 2.35. The van der Waals surface area contributed by atoms with Gasteiger partial charge in [-0.05, 0) is 32.8 Å². The normalized spacial score (nSPS) is 11.7. The molecule has 0 aliphatic rings. The maximum absolute atomic E-state index is 11.7. The number of likely N-dealkylation sites (N-methyl/N-ethyl adjacent to an activating group) is 1. The van der Waals surface area contributed by atoms with E-state index in [9.17, 15) is 9.59 Å². The molecule has 1 unspecified atom stereocenters. The third kappa shape index (κ3) is 5.55. The molecule has 1 aromatic carbocycles. The van der Waals surface area contributed by atoms with Gasteiger partial charge in [0.25, 0.3) is 0 Å². The lowest BCUT2D eigenvalue weighted by Gasteiger charge is -2.13. The number of rotatable bonds is 6. The van der Waals surface area contributed by atoms with Crippen LogP contribution in [0.25, 0.3) is 0 Å². The molecule has 0 aliphatic carbocycles. The van der Waals surface area contributed by atoms with Crippen LogP contribution >= 0.6 is 0 Å². The zero-order valence-corrected chi connectivity index (χ0v) is 11.8. The summed E-state index contributed by atoms with van der Waals surface area (Å²) in [6.07, 6.45) is 1.08. The number of carbonyl (C=O) groups is 2. The lowest BCUT2D eigenvalue weighted by Crippen LogP contribution is -2.44. The topological polar surface area (TPSA) is 58.2 Å². The number of nitrogens with one attached hydrogen (secondary N) is 2. The van der Waals surface area contributed by atoms with Crippen LogP contribution < -0.4 is 10.6 Å². The Bertz CT molecular complexity index is 426.